The number of carbonyl (C=O) groups is 2. The number of rotatable bonds is 5. The van der Waals surface area contributed by atoms with Crippen molar-refractivity contribution in [2.45, 2.75) is 52.1 Å². The number of hydrogen-bond acceptors (Lipinski definition) is 5. The van der Waals surface area contributed by atoms with Crippen LogP contribution in [0.2, 0.25) is 0 Å². The van der Waals surface area contributed by atoms with E-state index in [1.54, 1.807) is 23.1 Å². The summed E-state index contributed by atoms with van der Waals surface area (Å²) in [4.78, 5) is 38.7. The highest BCUT2D eigenvalue weighted by Gasteiger charge is 2.36. The van der Waals surface area contributed by atoms with Crippen LogP contribution in [-0.4, -0.2) is 35.3 Å². The molecule has 0 radical (unpaired) electrons. The lowest BCUT2D eigenvalue weighted by Crippen LogP contribution is -2.50. The lowest BCUT2D eigenvalue weighted by molar-refractivity contribution is -0.138. The van der Waals surface area contributed by atoms with E-state index in [2.05, 4.69) is 5.32 Å². The Balaban J connectivity index is 1.75. The summed E-state index contributed by atoms with van der Waals surface area (Å²) in [5.41, 5.74) is 7.37. The average molecular weight is 385 g/mol. The van der Waals surface area contributed by atoms with Gasteiger partial charge in [0.1, 0.15) is 11.6 Å². The molecule has 1 fully saturated rings. The molecule has 0 unspecified atom stereocenters. The molecule has 1 aliphatic rings. The van der Waals surface area contributed by atoms with Crippen LogP contribution in [0.4, 0.5) is 5.69 Å². The maximum absolute atomic E-state index is 12.8. The summed E-state index contributed by atoms with van der Waals surface area (Å²) in [5.74, 6) is -0.118. The zero-order chi connectivity index (χ0) is 20.4. The molecular weight excluding hydrogens is 358 g/mol. The molecule has 2 heterocycles. The molecule has 7 heteroatoms. The molecule has 1 aromatic carbocycles. The zero-order valence-electron chi connectivity index (χ0n) is 16.5. The molecule has 1 aliphatic heterocycles. The topological polar surface area (TPSA) is 106 Å². The first-order valence-corrected chi connectivity index (χ1v) is 9.67. The number of nitrogens with one attached hydrogen (secondary N) is 1. The maximum atomic E-state index is 12.8. The Morgan fingerprint density at radius 1 is 1.32 bits per heavy atom. The van der Waals surface area contributed by atoms with E-state index in [-0.39, 0.29) is 11.8 Å². The fourth-order valence-corrected chi connectivity index (χ4v) is 3.75. The van der Waals surface area contributed by atoms with E-state index in [0.29, 0.717) is 36.6 Å². The van der Waals surface area contributed by atoms with Gasteiger partial charge in [-0.2, -0.15) is 0 Å². The molecule has 150 valence electrons. The van der Waals surface area contributed by atoms with Gasteiger partial charge in [-0.05, 0) is 49.8 Å². The Hall–Kier alpha value is -2.67. The highest BCUT2D eigenvalue weighted by molar-refractivity contribution is 5.99. The third-order valence-corrected chi connectivity index (χ3v) is 5.10. The maximum Gasteiger partial charge on any atom is 0.336 e. The molecule has 1 saturated heterocycles. The monoisotopic (exact) mass is 385 g/mol. The van der Waals surface area contributed by atoms with Crippen molar-refractivity contribution in [3.63, 3.8) is 0 Å². The number of anilines is 1. The van der Waals surface area contributed by atoms with Gasteiger partial charge >= 0.3 is 5.63 Å². The van der Waals surface area contributed by atoms with Gasteiger partial charge in [0.15, 0.2) is 0 Å². The van der Waals surface area contributed by atoms with E-state index in [0.717, 1.165) is 17.4 Å². The van der Waals surface area contributed by atoms with Crippen molar-refractivity contribution >= 4 is 28.5 Å². The summed E-state index contributed by atoms with van der Waals surface area (Å²) in [6.07, 6.45) is 1.96. The van der Waals surface area contributed by atoms with Gasteiger partial charge in [-0.25, -0.2) is 4.79 Å². The third kappa shape index (κ3) is 4.25. The number of hydrogen-bond donors (Lipinski definition) is 2. The minimum atomic E-state index is -0.591. The summed E-state index contributed by atoms with van der Waals surface area (Å²) < 4.78 is 5.23. The van der Waals surface area contributed by atoms with E-state index in [9.17, 15) is 14.4 Å². The number of carbonyl (C=O) groups excluding carboxylic acids is 2. The summed E-state index contributed by atoms with van der Waals surface area (Å²) >= 11 is 0. The molecule has 1 aromatic heterocycles. The van der Waals surface area contributed by atoms with Crippen molar-refractivity contribution in [2.24, 2.45) is 11.7 Å². The first-order valence-electron chi connectivity index (χ1n) is 9.67. The van der Waals surface area contributed by atoms with Gasteiger partial charge in [-0.3, -0.25) is 9.59 Å². The van der Waals surface area contributed by atoms with Crippen molar-refractivity contribution in [2.75, 3.05) is 11.9 Å². The van der Waals surface area contributed by atoms with E-state index < -0.39 is 17.7 Å². The second-order valence-electron chi connectivity index (χ2n) is 7.87. The fraction of sp³-hybridized carbons (Fsp3) is 0.476. The normalized spacial score (nSPS) is 17.9. The summed E-state index contributed by atoms with van der Waals surface area (Å²) in [5, 5.41) is 3.66. The first-order chi connectivity index (χ1) is 13.3. The van der Waals surface area contributed by atoms with Crippen molar-refractivity contribution in [3.05, 3.63) is 40.2 Å². The molecular formula is C21H27N3O4. The van der Waals surface area contributed by atoms with Crippen LogP contribution < -0.4 is 16.7 Å². The van der Waals surface area contributed by atoms with Crippen molar-refractivity contribution in [1.29, 1.82) is 0 Å². The standard InChI is InChI=1S/C21H27N3O4/c1-12(2)9-16(22)21(27)24-8-4-5-17(24)20(26)23-14-6-7-15-13(3)10-19(25)28-18(15)11-14/h6-7,10-12,16-17H,4-5,8-9,22H2,1-3H3,(H,23,26)/t16-,17-/m0/s1. The van der Waals surface area contributed by atoms with Gasteiger partial charge in [-0.15, -0.1) is 0 Å². The van der Waals surface area contributed by atoms with Crippen LogP contribution in [0.3, 0.4) is 0 Å². The average Bonchev–Trinajstić information content (AvgIpc) is 3.09. The number of amides is 2. The lowest BCUT2D eigenvalue weighted by atomic mass is 10.0. The van der Waals surface area contributed by atoms with E-state index in [1.807, 2.05) is 20.8 Å². The summed E-state index contributed by atoms with van der Waals surface area (Å²) in [7, 11) is 0. The SMILES string of the molecule is Cc1cc(=O)oc2cc(NC(=O)[C@@H]3CCCN3C(=O)[C@@H](N)CC(C)C)ccc12. The van der Waals surface area contributed by atoms with Crippen molar-refractivity contribution in [1.82, 2.24) is 4.90 Å². The van der Waals surface area contributed by atoms with Crippen LogP contribution in [0.5, 0.6) is 0 Å². The van der Waals surface area contributed by atoms with Gasteiger partial charge < -0.3 is 20.4 Å². The molecule has 0 aliphatic carbocycles. The number of aryl methyl sites for hydroxylation is 1. The largest absolute Gasteiger partial charge is 0.423 e. The van der Waals surface area contributed by atoms with Crippen LogP contribution in [0.25, 0.3) is 11.0 Å². The highest BCUT2D eigenvalue weighted by Crippen LogP contribution is 2.24. The predicted molar refractivity (Wildman–Crippen MR) is 108 cm³/mol. The molecule has 7 nitrogen and oxygen atoms in total. The number of likely N-dealkylation sites (tertiary alicyclic amines) is 1. The van der Waals surface area contributed by atoms with Gasteiger partial charge in [0.05, 0.1) is 6.04 Å². The van der Waals surface area contributed by atoms with Crippen molar-refractivity contribution < 1.29 is 14.0 Å². The van der Waals surface area contributed by atoms with Crippen LogP contribution in [-0.2, 0) is 9.59 Å². The molecule has 0 bridgehead atoms. The fourth-order valence-electron chi connectivity index (χ4n) is 3.75. The first kappa shape index (κ1) is 20.1. The molecule has 0 saturated carbocycles. The molecule has 2 amide bonds. The molecule has 0 spiro atoms. The van der Waals surface area contributed by atoms with Crippen LogP contribution in [0.15, 0.2) is 33.5 Å². The van der Waals surface area contributed by atoms with Gasteiger partial charge in [0, 0.05) is 29.8 Å². The van der Waals surface area contributed by atoms with Gasteiger partial charge in [-0.1, -0.05) is 13.8 Å². The quantitative estimate of drug-likeness (QED) is 0.769. The number of nitrogens with two attached hydrogens (primary N) is 1. The second-order valence-corrected chi connectivity index (χ2v) is 7.87. The van der Waals surface area contributed by atoms with Gasteiger partial charge in [0.2, 0.25) is 11.8 Å². The predicted octanol–water partition coefficient (Wildman–Crippen LogP) is 2.40. The Labute approximate surface area is 163 Å². The Morgan fingerprint density at radius 2 is 2.07 bits per heavy atom. The Kier molecular flexibility index (Phi) is 5.84. The third-order valence-electron chi connectivity index (χ3n) is 5.10. The number of fused-ring (bicyclic) bond motifs is 1. The van der Waals surface area contributed by atoms with Crippen LogP contribution in [0, 0.1) is 12.8 Å². The smallest absolute Gasteiger partial charge is 0.336 e. The van der Waals surface area contributed by atoms with E-state index in [4.69, 9.17) is 10.2 Å². The highest BCUT2D eigenvalue weighted by atomic mass is 16.4. The van der Waals surface area contributed by atoms with Gasteiger partial charge in [0.25, 0.3) is 0 Å². The Bertz CT molecular complexity index is 950. The lowest BCUT2D eigenvalue weighted by Gasteiger charge is -2.27. The molecule has 3 rings (SSSR count). The molecule has 2 atom stereocenters. The summed E-state index contributed by atoms with van der Waals surface area (Å²) in [6.45, 7) is 6.40. The van der Waals surface area contributed by atoms with Crippen LogP contribution in [0.1, 0.15) is 38.7 Å². The molecule has 28 heavy (non-hydrogen) atoms. The van der Waals surface area contributed by atoms with E-state index >= 15 is 0 Å². The van der Waals surface area contributed by atoms with E-state index in [1.165, 1.54) is 6.07 Å². The number of nitrogens with zero attached hydrogens (tertiary/aromatic N) is 1. The second kappa shape index (κ2) is 8.14. The zero-order valence-corrected chi connectivity index (χ0v) is 16.5. The minimum Gasteiger partial charge on any atom is -0.423 e. The molecule has 3 N–H and O–H groups in total. The summed E-state index contributed by atoms with van der Waals surface area (Å²) in [6, 6.07) is 5.51. The Morgan fingerprint density at radius 3 is 2.79 bits per heavy atom. The van der Waals surface area contributed by atoms with Crippen LogP contribution >= 0.6 is 0 Å². The van der Waals surface area contributed by atoms with Crippen molar-refractivity contribution in [3.8, 4) is 0 Å². The molecule has 2 aromatic rings. The number of benzene rings is 1. The minimum absolute atomic E-state index is 0.175.